The molecule has 1 saturated heterocycles. The molecular weight excluding hydrogens is 281 g/mol. The van der Waals surface area contributed by atoms with Crippen LogP contribution in [0.3, 0.4) is 0 Å². The minimum atomic E-state index is -0.998. The monoisotopic (exact) mass is 295 g/mol. The van der Waals surface area contributed by atoms with Gasteiger partial charge in [0.25, 0.3) is 5.91 Å². The van der Waals surface area contributed by atoms with Gasteiger partial charge >= 0.3 is 5.69 Å². The second-order valence-electron chi connectivity index (χ2n) is 5.02. The lowest BCUT2D eigenvalue weighted by Gasteiger charge is -2.19. The standard InChI is InChI=1S/C13H14FN3O4/c1-7(2)16-12(18)6-10(13(16)19)15-8-3-4-11(17(20)21)9(14)5-8/h3-5,7,10,15H,6H2,1-2H3. The number of halogens is 1. The van der Waals surface area contributed by atoms with Gasteiger partial charge in [0.1, 0.15) is 6.04 Å². The van der Waals surface area contributed by atoms with Crippen LogP contribution in [0.5, 0.6) is 0 Å². The Morgan fingerprint density at radius 3 is 2.57 bits per heavy atom. The van der Waals surface area contributed by atoms with Crippen molar-refractivity contribution in [2.24, 2.45) is 0 Å². The van der Waals surface area contributed by atoms with E-state index in [1.807, 2.05) is 0 Å². The number of hydrogen-bond donors (Lipinski definition) is 1. The summed E-state index contributed by atoms with van der Waals surface area (Å²) in [4.78, 5) is 34.7. The van der Waals surface area contributed by atoms with E-state index in [4.69, 9.17) is 0 Å². The van der Waals surface area contributed by atoms with Crippen LogP contribution in [0, 0.1) is 15.9 Å². The van der Waals surface area contributed by atoms with Gasteiger partial charge in [0.05, 0.1) is 11.3 Å². The number of imide groups is 1. The van der Waals surface area contributed by atoms with Crippen molar-refractivity contribution in [2.45, 2.75) is 32.4 Å². The predicted octanol–water partition coefficient (Wildman–Crippen LogP) is 1.68. The third-order valence-corrected chi connectivity index (χ3v) is 3.18. The van der Waals surface area contributed by atoms with Gasteiger partial charge in [0.2, 0.25) is 11.7 Å². The molecule has 0 radical (unpaired) electrons. The van der Waals surface area contributed by atoms with Crippen LogP contribution >= 0.6 is 0 Å². The van der Waals surface area contributed by atoms with E-state index >= 15 is 0 Å². The summed E-state index contributed by atoms with van der Waals surface area (Å²) in [5.74, 6) is -1.67. The molecule has 1 N–H and O–H groups in total. The molecule has 2 amide bonds. The van der Waals surface area contributed by atoms with Crippen LogP contribution in [0.4, 0.5) is 15.8 Å². The Labute approximate surface area is 119 Å². The molecule has 0 aliphatic carbocycles. The first kappa shape index (κ1) is 14.9. The number of nitrogens with zero attached hydrogens (tertiary/aromatic N) is 2. The number of carbonyl (C=O) groups excluding carboxylic acids is 2. The molecule has 1 aromatic carbocycles. The maximum Gasteiger partial charge on any atom is 0.304 e. The van der Waals surface area contributed by atoms with E-state index in [2.05, 4.69) is 5.32 Å². The van der Waals surface area contributed by atoms with Crippen LogP contribution in [0.15, 0.2) is 18.2 Å². The van der Waals surface area contributed by atoms with Gasteiger partial charge in [-0.3, -0.25) is 24.6 Å². The predicted molar refractivity (Wildman–Crippen MR) is 72.1 cm³/mol. The fourth-order valence-electron chi connectivity index (χ4n) is 2.25. The third kappa shape index (κ3) is 2.83. The quantitative estimate of drug-likeness (QED) is 0.518. The SMILES string of the molecule is CC(C)N1C(=O)CC(Nc2ccc([N+](=O)[O-])c(F)c2)C1=O. The van der Waals surface area contributed by atoms with E-state index in [-0.39, 0.29) is 30.0 Å². The van der Waals surface area contributed by atoms with Crippen molar-refractivity contribution in [1.29, 1.82) is 0 Å². The molecule has 112 valence electrons. The molecule has 1 aliphatic heterocycles. The van der Waals surface area contributed by atoms with Gasteiger partial charge in [-0.15, -0.1) is 0 Å². The molecule has 0 aromatic heterocycles. The number of likely N-dealkylation sites (tertiary alicyclic amines) is 1. The van der Waals surface area contributed by atoms with E-state index in [0.29, 0.717) is 0 Å². The van der Waals surface area contributed by atoms with Gasteiger partial charge in [0, 0.05) is 23.9 Å². The molecule has 1 unspecified atom stereocenters. The van der Waals surface area contributed by atoms with E-state index in [1.165, 1.54) is 6.07 Å². The Hall–Kier alpha value is -2.51. The number of carbonyl (C=O) groups is 2. The smallest absolute Gasteiger partial charge is 0.304 e. The van der Waals surface area contributed by atoms with Gasteiger partial charge in [-0.2, -0.15) is 4.39 Å². The molecular formula is C13H14FN3O4. The highest BCUT2D eigenvalue weighted by atomic mass is 19.1. The summed E-state index contributed by atoms with van der Waals surface area (Å²) in [5, 5.41) is 13.3. The van der Waals surface area contributed by atoms with E-state index in [1.54, 1.807) is 13.8 Å². The Bertz CT molecular complexity index is 617. The van der Waals surface area contributed by atoms with Crippen molar-refractivity contribution in [3.05, 3.63) is 34.1 Å². The summed E-state index contributed by atoms with van der Waals surface area (Å²) in [6, 6.07) is 2.23. The maximum absolute atomic E-state index is 13.5. The number of benzene rings is 1. The molecule has 1 aromatic rings. The first-order valence-corrected chi connectivity index (χ1v) is 6.37. The van der Waals surface area contributed by atoms with E-state index in [9.17, 15) is 24.1 Å². The highest BCUT2D eigenvalue weighted by Gasteiger charge is 2.39. The number of hydrogen-bond acceptors (Lipinski definition) is 5. The second kappa shape index (κ2) is 5.47. The van der Waals surface area contributed by atoms with Crippen molar-refractivity contribution in [3.63, 3.8) is 0 Å². The van der Waals surface area contributed by atoms with Crippen LogP contribution in [0.25, 0.3) is 0 Å². The van der Waals surface area contributed by atoms with Crippen molar-refractivity contribution >= 4 is 23.2 Å². The largest absolute Gasteiger partial charge is 0.373 e. The number of anilines is 1. The lowest BCUT2D eigenvalue weighted by Crippen LogP contribution is -2.39. The summed E-state index contributed by atoms with van der Waals surface area (Å²) >= 11 is 0. The topological polar surface area (TPSA) is 92.6 Å². The van der Waals surface area contributed by atoms with Crippen molar-refractivity contribution < 1.29 is 18.9 Å². The Balaban J connectivity index is 2.16. The first-order chi connectivity index (χ1) is 9.81. The summed E-state index contributed by atoms with van der Waals surface area (Å²) in [7, 11) is 0. The normalized spacial score (nSPS) is 18.5. The molecule has 8 heteroatoms. The molecule has 1 atom stereocenters. The molecule has 1 heterocycles. The molecule has 2 rings (SSSR count). The first-order valence-electron chi connectivity index (χ1n) is 6.37. The Kier molecular flexibility index (Phi) is 3.88. The van der Waals surface area contributed by atoms with Crippen molar-refractivity contribution in [2.75, 3.05) is 5.32 Å². The third-order valence-electron chi connectivity index (χ3n) is 3.18. The summed E-state index contributed by atoms with van der Waals surface area (Å²) in [6.07, 6.45) is -0.0182. The van der Waals surface area contributed by atoms with Gasteiger partial charge in [-0.05, 0) is 19.9 Å². The number of amides is 2. The van der Waals surface area contributed by atoms with E-state index < -0.39 is 22.5 Å². The van der Waals surface area contributed by atoms with Crippen molar-refractivity contribution in [1.82, 2.24) is 4.90 Å². The Morgan fingerprint density at radius 1 is 1.43 bits per heavy atom. The van der Waals surface area contributed by atoms with Crippen LogP contribution in [-0.4, -0.2) is 33.7 Å². The molecule has 1 fully saturated rings. The molecule has 21 heavy (non-hydrogen) atoms. The zero-order chi connectivity index (χ0) is 15.7. The highest BCUT2D eigenvalue weighted by Crippen LogP contribution is 2.24. The molecule has 1 aliphatic rings. The maximum atomic E-state index is 13.5. The number of rotatable bonds is 4. The van der Waals surface area contributed by atoms with Gasteiger partial charge in [-0.1, -0.05) is 0 Å². The van der Waals surface area contributed by atoms with Crippen LogP contribution < -0.4 is 5.32 Å². The van der Waals surface area contributed by atoms with Crippen LogP contribution in [0.2, 0.25) is 0 Å². The van der Waals surface area contributed by atoms with Gasteiger partial charge in [-0.25, -0.2) is 0 Å². The van der Waals surface area contributed by atoms with Crippen LogP contribution in [0.1, 0.15) is 20.3 Å². The van der Waals surface area contributed by atoms with Gasteiger partial charge in [0.15, 0.2) is 0 Å². The Morgan fingerprint density at radius 2 is 2.10 bits per heavy atom. The molecule has 0 saturated carbocycles. The highest BCUT2D eigenvalue weighted by molar-refractivity contribution is 6.07. The average molecular weight is 295 g/mol. The average Bonchev–Trinajstić information content (AvgIpc) is 2.63. The van der Waals surface area contributed by atoms with Gasteiger partial charge < -0.3 is 5.32 Å². The van der Waals surface area contributed by atoms with E-state index in [0.717, 1.165) is 17.0 Å². The minimum absolute atomic E-state index is 0.0182. The molecule has 0 spiro atoms. The van der Waals surface area contributed by atoms with Crippen molar-refractivity contribution in [3.8, 4) is 0 Å². The lowest BCUT2D eigenvalue weighted by molar-refractivity contribution is -0.387. The summed E-state index contributed by atoms with van der Waals surface area (Å²) < 4.78 is 13.5. The molecule has 7 nitrogen and oxygen atoms in total. The summed E-state index contributed by atoms with van der Waals surface area (Å²) in [5.41, 5.74) is -0.423. The lowest BCUT2D eigenvalue weighted by atomic mass is 10.2. The fraction of sp³-hybridized carbons (Fsp3) is 0.385. The second-order valence-corrected chi connectivity index (χ2v) is 5.02. The zero-order valence-corrected chi connectivity index (χ0v) is 11.5. The number of nitro benzene ring substituents is 1. The summed E-state index contributed by atoms with van der Waals surface area (Å²) in [6.45, 7) is 3.45. The number of nitro groups is 1. The fourth-order valence-corrected chi connectivity index (χ4v) is 2.25. The zero-order valence-electron chi connectivity index (χ0n) is 11.5. The number of nitrogens with one attached hydrogen (secondary N) is 1. The molecule has 0 bridgehead atoms. The minimum Gasteiger partial charge on any atom is -0.373 e. The van der Waals surface area contributed by atoms with Crippen LogP contribution in [-0.2, 0) is 9.59 Å².